The lowest BCUT2D eigenvalue weighted by molar-refractivity contribution is -0.116. The van der Waals surface area contributed by atoms with E-state index in [1.165, 1.54) is 12.2 Å². The van der Waals surface area contributed by atoms with Crippen LogP contribution >= 0.6 is 0 Å². The minimum atomic E-state index is -0.667. The molecule has 2 N–H and O–H groups in total. The van der Waals surface area contributed by atoms with E-state index in [0.717, 1.165) is 63.0 Å². The van der Waals surface area contributed by atoms with Crippen LogP contribution in [0.15, 0.2) is 67.0 Å². The number of likely N-dealkylation sites (tertiary alicyclic amines) is 2. The van der Waals surface area contributed by atoms with Gasteiger partial charge in [0.15, 0.2) is 0 Å². The van der Waals surface area contributed by atoms with Gasteiger partial charge in [0, 0.05) is 60.9 Å². The van der Waals surface area contributed by atoms with Crippen molar-refractivity contribution in [3.63, 3.8) is 0 Å². The van der Waals surface area contributed by atoms with Crippen molar-refractivity contribution in [2.24, 2.45) is 0 Å². The van der Waals surface area contributed by atoms with Crippen LogP contribution in [0, 0.1) is 13.8 Å². The molecular weight excluding hydrogens is 640 g/mol. The number of piperidine rings is 2. The number of hydrogen-bond acceptors (Lipinski definition) is 10. The van der Waals surface area contributed by atoms with Gasteiger partial charge in [-0.25, -0.2) is 9.59 Å². The average Bonchev–Trinajstić information content (AvgIpc) is 3.09. The van der Waals surface area contributed by atoms with Gasteiger partial charge in [0.1, 0.15) is 46.2 Å². The Morgan fingerprint density at radius 1 is 0.700 bits per heavy atom. The summed E-state index contributed by atoms with van der Waals surface area (Å²) in [6, 6.07) is 10.5. The van der Waals surface area contributed by atoms with E-state index < -0.39 is 23.1 Å². The highest BCUT2D eigenvalue weighted by Crippen LogP contribution is 2.31. The van der Waals surface area contributed by atoms with E-state index in [4.69, 9.17) is 18.3 Å². The van der Waals surface area contributed by atoms with Crippen LogP contribution in [0.25, 0.3) is 21.9 Å². The fourth-order valence-electron chi connectivity index (χ4n) is 6.39. The second-order valence-electron chi connectivity index (χ2n) is 13.3. The molecule has 4 aromatic rings. The number of carbonyl (C=O) groups excluding carboxylic acids is 2. The Morgan fingerprint density at radius 3 is 1.46 bits per heavy atom. The maximum absolute atomic E-state index is 12.7. The Balaban J connectivity index is 1.01. The molecule has 6 rings (SSSR count). The van der Waals surface area contributed by atoms with E-state index in [-0.39, 0.29) is 36.4 Å². The SMILES string of the molecule is Cc1c(OC2CCN(C)CC2)ccc2cc(NC(=O)C/C=C/CC(=O)Nc3cc4ccc(OC5CCN(C)CC5)c(C)c4oc3=O)c(=O)oc12. The molecule has 0 spiro atoms. The quantitative estimate of drug-likeness (QED) is 0.165. The van der Waals surface area contributed by atoms with E-state index in [1.54, 1.807) is 12.1 Å². The second-order valence-corrected chi connectivity index (χ2v) is 13.3. The van der Waals surface area contributed by atoms with E-state index in [2.05, 4.69) is 34.5 Å². The van der Waals surface area contributed by atoms with Crippen LogP contribution in [0.2, 0.25) is 0 Å². The van der Waals surface area contributed by atoms with Crippen LogP contribution in [-0.2, 0) is 9.59 Å². The van der Waals surface area contributed by atoms with Crippen LogP contribution in [-0.4, -0.2) is 74.1 Å². The Bertz CT molecular complexity index is 1890. The zero-order chi connectivity index (χ0) is 35.4. The summed E-state index contributed by atoms with van der Waals surface area (Å²) >= 11 is 0. The van der Waals surface area contributed by atoms with Crippen LogP contribution in [0.4, 0.5) is 11.4 Å². The van der Waals surface area contributed by atoms with Crippen molar-refractivity contribution < 1.29 is 27.9 Å². The molecule has 2 aliphatic heterocycles. The van der Waals surface area contributed by atoms with Crippen LogP contribution < -0.4 is 31.4 Å². The van der Waals surface area contributed by atoms with Crippen molar-refractivity contribution in [3.8, 4) is 11.5 Å². The number of nitrogens with one attached hydrogen (secondary N) is 2. The maximum Gasteiger partial charge on any atom is 0.360 e. The second kappa shape index (κ2) is 15.3. The van der Waals surface area contributed by atoms with Gasteiger partial charge in [-0.2, -0.15) is 0 Å². The van der Waals surface area contributed by atoms with E-state index in [9.17, 15) is 19.2 Å². The molecule has 0 saturated carbocycles. The molecule has 2 fully saturated rings. The van der Waals surface area contributed by atoms with Crippen LogP contribution in [0.5, 0.6) is 11.5 Å². The monoisotopic (exact) mass is 684 g/mol. The third-order valence-corrected chi connectivity index (χ3v) is 9.44. The molecule has 2 aromatic heterocycles. The lowest BCUT2D eigenvalue weighted by Gasteiger charge is -2.29. The molecule has 0 unspecified atom stereocenters. The predicted molar refractivity (Wildman–Crippen MR) is 192 cm³/mol. The van der Waals surface area contributed by atoms with E-state index in [0.29, 0.717) is 33.4 Å². The lowest BCUT2D eigenvalue weighted by atomic mass is 10.1. The molecule has 0 atom stereocenters. The zero-order valence-corrected chi connectivity index (χ0v) is 29.0. The third-order valence-electron chi connectivity index (χ3n) is 9.44. The summed E-state index contributed by atoms with van der Waals surface area (Å²) < 4.78 is 23.6. The molecule has 12 nitrogen and oxygen atoms in total. The molecule has 0 radical (unpaired) electrons. The summed E-state index contributed by atoms with van der Waals surface area (Å²) in [5.74, 6) is 0.467. The number of benzene rings is 2. The molecule has 2 aromatic carbocycles. The first-order valence-corrected chi connectivity index (χ1v) is 17.1. The van der Waals surface area contributed by atoms with Crippen molar-refractivity contribution in [2.45, 2.75) is 64.6 Å². The first kappa shape index (κ1) is 34.9. The fraction of sp³-hybridized carbons (Fsp3) is 0.421. The highest BCUT2D eigenvalue weighted by atomic mass is 16.5. The van der Waals surface area contributed by atoms with Crippen molar-refractivity contribution >= 4 is 45.1 Å². The number of fused-ring (bicyclic) bond motifs is 2. The summed E-state index contributed by atoms with van der Waals surface area (Å²) in [6.45, 7) is 7.59. The summed E-state index contributed by atoms with van der Waals surface area (Å²) in [5.41, 5.74) is 1.01. The van der Waals surface area contributed by atoms with Crippen molar-refractivity contribution in [1.82, 2.24) is 9.80 Å². The molecule has 0 bridgehead atoms. The number of nitrogens with zero attached hydrogens (tertiary/aromatic N) is 2. The van der Waals surface area contributed by atoms with Gasteiger partial charge in [0.25, 0.3) is 0 Å². The normalized spacial score (nSPS) is 16.6. The van der Waals surface area contributed by atoms with Gasteiger partial charge in [-0.3, -0.25) is 9.59 Å². The highest BCUT2D eigenvalue weighted by molar-refractivity contribution is 5.95. The van der Waals surface area contributed by atoms with Gasteiger partial charge in [-0.1, -0.05) is 12.2 Å². The summed E-state index contributed by atoms with van der Waals surface area (Å²) in [7, 11) is 4.19. The molecule has 12 heteroatoms. The standard InChI is InChI=1S/C38H44N4O8/c1-23-31(47-27-13-17-41(3)18-14-27)11-9-25-21-29(37(45)49-35(23)25)39-33(43)7-5-6-8-34(44)40-30-22-26-10-12-32(24(2)36(26)50-38(30)46)48-28-15-19-42(4)20-16-28/h5-6,9-12,21-22,27-28H,7-8,13-20H2,1-4H3,(H,39,43)(H,40,44)/b6-5+. The van der Waals surface area contributed by atoms with Gasteiger partial charge in [-0.05, 0) is 90.0 Å². The van der Waals surface area contributed by atoms with Crippen molar-refractivity contribution in [2.75, 3.05) is 50.9 Å². The van der Waals surface area contributed by atoms with Gasteiger partial charge >= 0.3 is 11.3 Å². The van der Waals surface area contributed by atoms with Gasteiger partial charge < -0.3 is 38.7 Å². The number of amides is 2. The summed E-state index contributed by atoms with van der Waals surface area (Å²) in [4.78, 5) is 55.3. The smallest absolute Gasteiger partial charge is 0.360 e. The van der Waals surface area contributed by atoms with Gasteiger partial charge in [-0.15, -0.1) is 0 Å². The molecule has 50 heavy (non-hydrogen) atoms. The minimum absolute atomic E-state index is 0.0239. The van der Waals surface area contributed by atoms with E-state index >= 15 is 0 Å². The zero-order valence-electron chi connectivity index (χ0n) is 29.0. The Hall–Kier alpha value is -4.94. The number of aryl methyl sites for hydroxylation is 2. The molecule has 2 aliphatic rings. The molecule has 2 amide bonds. The van der Waals surface area contributed by atoms with Crippen molar-refractivity contribution in [3.05, 3.63) is 80.5 Å². The Labute approximate surface area is 290 Å². The summed E-state index contributed by atoms with van der Waals surface area (Å²) in [6.07, 6.45) is 6.83. The van der Waals surface area contributed by atoms with Gasteiger partial charge in [0.05, 0.1) is 0 Å². The molecule has 4 heterocycles. The maximum atomic E-state index is 12.7. The topological polar surface area (TPSA) is 144 Å². The van der Waals surface area contributed by atoms with Crippen molar-refractivity contribution in [1.29, 1.82) is 0 Å². The largest absolute Gasteiger partial charge is 0.490 e. The van der Waals surface area contributed by atoms with E-state index in [1.807, 2.05) is 38.1 Å². The van der Waals surface area contributed by atoms with Crippen LogP contribution in [0.3, 0.4) is 0 Å². The van der Waals surface area contributed by atoms with Crippen LogP contribution in [0.1, 0.15) is 49.7 Å². The highest BCUT2D eigenvalue weighted by Gasteiger charge is 2.22. The number of ether oxygens (including phenoxy) is 2. The molecular formula is C38H44N4O8. The lowest BCUT2D eigenvalue weighted by Crippen LogP contribution is -2.35. The number of hydrogen-bond donors (Lipinski definition) is 2. The number of rotatable bonds is 10. The molecule has 2 saturated heterocycles. The molecule has 264 valence electrons. The first-order chi connectivity index (χ1) is 24.0. The number of carbonyl (C=O) groups is 2. The van der Waals surface area contributed by atoms with Gasteiger partial charge in [0.2, 0.25) is 11.8 Å². The summed E-state index contributed by atoms with van der Waals surface area (Å²) in [5, 5.41) is 6.51. The average molecular weight is 685 g/mol. The Kier molecular flexibility index (Phi) is 10.7. The molecule has 0 aliphatic carbocycles. The number of anilines is 2. The third kappa shape index (κ3) is 8.26. The predicted octanol–water partition coefficient (Wildman–Crippen LogP) is 5.38. The fourth-order valence-corrected chi connectivity index (χ4v) is 6.39. The Morgan fingerprint density at radius 2 is 1.08 bits per heavy atom. The first-order valence-electron chi connectivity index (χ1n) is 17.1. The minimum Gasteiger partial charge on any atom is -0.490 e.